The minimum absolute atomic E-state index is 0.00719. The monoisotopic (exact) mass is 336 g/mol. The van der Waals surface area contributed by atoms with E-state index in [1.54, 1.807) is 0 Å². The van der Waals surface area contributed by atoms with Gasteiger partial charge in [-0.25, -0.2) is 4.79 Å². The van der Waals surface area contributed by atoms with Gasteiger partial charge in [-0.15, -0.1) is 0 Å². The van der Waals surface area contributed by atoms with E-state index >= 15 is 0 Å². The Balaban J connectivity index is 1.42. The number of hydrogen-bond donors (Lipinski definition) is 1. The second kappa shape index (κ2) is 6.84. The second-order valence-electron chi connectivity index (χ2n) is 7.04. The van der Waals surface area contributed by atoms with Gasteiger partial charge in [-0.1, -0.05) is 24.3 Å². The third kappa shape index (κ3) is 3.37. The van der Waals surface area contributed by atoms with Crippen molar-refractivity contribution in [1.82, 2.24) is 14.8 Å². The lowest BCUT2D eigenvalue weighted by Gasteiger charge is -2.34. The number of hydrogen-bond acceptors (Lipinski definition) is 3. The van der Waals surface area contributed by atoms with Crippen LogP contribution in [0.15, 0.2) is 54.7 Å². The lowest BCUT2D eigenvalue weighted by atomic mass is 9.95. The molecule has 2 aliphatic rings. The van der Waals surface area contributed by atoms with Crippen LogP contribution >= 0.6 is 0 Å². The standard InChI is InChI=1S/C20H24N4O/c25-19(22-17-7-2-1-3-8-17)23-14-11-20(16-23)10-6-13-24(20)15-18-9-4-5-12-21-18/h1-5,7-9,12H,6,10-11,13-16H2,(H,22,25). The summed E-state index contributed by atoms with van der Waals surface area (Å²) in [6, 6.07) is 15.8. The first-order valence-electron chi connectivity index (χ1n) is 9.01. The Hall–Kier alpha value is -2.40. The highest BCUT2D eigenvalue weighted by atomic mass is 16.2. The van der Waals surface area contributed by atoms with E-state index in [1.165, 1.54) is 6.42 Å². The van der Waals surface area contributed by atoms with Crippen molar-refractivity contribution in [3.63, 3.8) is 0 Å². The molecule has 0 aliphatic carbocycles. The van der Waals surface area contributed by atoms with E-state index in [0.717, 1.165) is 50.4 Å². The van der Waals surface area contributed by atoms with Crippen molar-refractivity contribution in [2.24, 2.45) is 0 Å². The average molecular weight is 336 g/mol. The molecule has 4 rings (SSSR count). The van der Waals surface area contributed by atoms with Crippen LogP contribution in [0.1, 0.15) is 25.0 Å². The smallest absolute Gasteiger partial charge is 0.321 e. The molecule has 5 nitrogen and oxygen atoms in total. The van der Waals surface area contributed by atoms with Gasteiger partial charge in [-0.05, 0) is 50.1 Å². The molecule has 0 saturated carbocycles. The number of nitrogens with zero attached hydrogens (tertiary/aromatic N) is 3. The number of urea groups is 1. The Bertz CT molecular complexity index is 721. The van der Waals surface area contributed by atoms with Gasteiger partial charge in [0.05, 0.1) is 5.69 Å². The third-order valence-electron chi connectivity index (χ3n) is 5.46. The lowest BCUT2D eigenvalue weighted by molar-refractivity contribution is 0.134. The molecule has 1 spiro atoms. The first-order valence-corrected chi connectivity index (χ1v) is 9.01. The molecule has 1 atom stereocenters. The SMILES string of the molecule is O=C(Nc1ccccc1)N1CCC2(CCCN2Cc2ccccn2)C1. The van der Waals surface area contributed by atoms with E-state index < -0.39 is 0 Å². The van der Waals surface area contributed by atoms with Crippen LogP contribution in [0, 0.1) is 0 Å². The van der Waals surface area contributed by atoms with Gasteiger partial charge in [-0.2, -0.15) is 0 Å². The maximum Gasteiger partial charge on any atom is 0.321 e. The lowest BCUT2D eigenvalue weighted by Crippen LogP contribution is -2.47. The second-order valence-corrected chi connectivity index (χ2v) is 7.04. The number of aromatic nitrogens is 1. The maximum atomic E-state index is 12.6. The Morgan fingerprint density at radius 3 is 2.72 bits per heavy atom. The predicted molar refractivity (Wildman–Crippen MR) is 98.3 cm³/mol. The third-order valence-corrected chi connectivity index (χ3v) is 5.46. The molecule has 1 N–H and O–H groups in total. The van der Waals surface area contributed by atoms with Crippen LogP contribution < -0.4 is 5.32 Å². The molecule has 0 bridgehead atoms. The summed E-state index contributed by atoms with van der Waals surface area (Å²) in [5, 5.41) is 3.01. The molecule has 0 radical (unpaired) electrons. The molecule has 2 saturated heterocycles. The predicted octanol–water partition coefficient (Wildman–Crippen LogP) is 3.35. The highest BCUT2D eigenvalue weighted by Gasteiger charge is 2.47. The number of para-hydroxylation sites is 1. The number of amides is 2. The molecular formula is C20H24N4O. The summed E-state index contributed by atoms with van der Waals surface area (Å²) in [5.41, 5.74) is 2.08. The zero-order valence-corrected chi connectivity index (χ0v) is 14.4. The molecule has 2 aliphatic heterocycles. The van der Waals surface area contributed by atoms with Gasteiger partial charge in [0, 0.05) is 37.1 Å². The van der Waals surface area contributed by atoms with E-state index in [1.807, 2.05) is 53.6 Å². The van der Waals surface area contributed by atoms with Crippen molar-refractivity contribution >= 4 is 11.7 Å². The number of likely N-dealkylation sites (tertiary alicyclic amines) is 2. The number of carbonyl (C=O) groups excluding carboxylic acids is 1. The highest BCUT2D eigenvalue weighted by molar-refractivity contribution is 5.89. The van der Waals surface area contributed by atoms with Crippen molar-refractivity contribution in [3.05, 3.63) is 60.4 Å². The Kier molecular flexibility index (Phi) is 4.40. The van der Waals surface area contributed by atoms with E-state index in [-0.39, 0.29) is 11.6 Å². The van der Waals surface area contributed by atoms with Crippen molar-refractivity contribution in [2.75, 3.05) is 25.0 Å². The fourth-order valence-corrected chi connectivity index (χ4v) is 4.14. The van der Waals surface area contributed by atoms with Gasteiger partial charge in [0.15, 0.2) is 0 Å². The summed E-state index contributed by atoms with van der Waals surface area (Å²) < 4.78 is 0. The summed E-state index contributed by atoms with van der Waals surface area (Å²) in [7, 11) is 0. The first-order chi connectivity index (χ1) is 12.3. The van der Waals surface area contributed by atoms with E-state index in [2.05, 4.69) is 21.3 Å². The topological polar surface area (TPSA) is 48.5 Å². The van der Waals surface area contributed by atoms with Crippen LogP contribution in [0.25, 0.3) is 0 Å². The molecule has 2 amide bonds. The summed E-state index contributed by atoms with van der Waals surface area (Å²) in [4.78, 5) is 21.6. The number of rotatable bonds is 3. The molecule has 25 heavy (non-hydrogen) atoms. The van der Waals surface area contributed by atoms with E-state index in [4.69, 9.17) is 0 Å². The zero-order valence-electron chi connectivity index (χ0n) is 14.4. The average Bonchev–Trinajstić information content (AvgIpc) is 3.25. The molecule has 130 valence electrons. The summed E-state index contributed by atoms with van der Waals surface area (Å²) in [6.07, 6.45) is 5.25. The maximum absolute atomic E-state index is 12.6. The molecule has 1 aromatic carbocycles. The van der Waals surface area contributed by atoms with E-state index in [0.29, 0.717) is 0 Å². The van der Waals surface area contributed by atoms with Crippen LogP contribution in [-0.4, -0.2) is 46.0 Å². The van der Waals surface area contributed by atoms with Gasteiger partial charge in [0.25, 0.3) is 0 Å². The molecule has 1 unspecified atom stereocenters. The largest absolute Gasteiger partial charge is 0.323 e. The Morgan fingerprint density at radius 2 is 1.92 bits per heavy atom. The fraction of sp³-hybridized carbons (Fsp3) is 0.400. The van der Waals surface area contributed by atoms with E-state index in [9.17, 15) is 4.79 Å². The van der Waals surface area contributed by atoms with Crippen LogP contribution in [0.5, 0.6) is 0 Å². The van der Waals surface area contributed by atoms with Gasteiger partial charge >= 0.3 is 6.03 Å². The van der Waals surface area contributed by atoms with Gasteiger partial charge < -0.3 is 10.2 Å². The minimum atomic E-state index is 0.00719. The molecule has 3 heterocycles. The quantitative estimate of drug-likeness (QED) is 0.935. The summed E-state index contributed by atoms with van der Waals surface area (Å²) >= 11 is 0. The zero-order chi connectivity index (χ0) is 17.1. The van der Waals surface area contributed by atoms with Crippen LogP contribution in [0.3, 0.4) is 0 Å². The highest BCUT2D eigenvalue weighted by Crippen LogP contribution is 2.38. The van der Waals surface area contributed by atoms with Crippen molar-refractivity contribution in [3.8, 4) is 0 Å². The van der Waals surface area contributed by atoms with Gasteiger partial charge in [0.2, 0.25) is 0 Å². The first kappa shape index (κ1) is 16.1. The van der Waals surface area contributed by atoms with Crippen molar-refractivity contribution < 1.29 is 4.79 Å². The Labute approximate surface area is 148 Å². The van der Waals surface area contributed by atoms with Crippen LogP contribution in [0.2, 0.25) is 0 Å². The molecule has 2 fully saturated rings. The van der Waals surface area contributed by atoms with Crippen molar-refractivity contribution in [2.45, 2.75) is 31.3 Å². The molecule has 5 heteroatoms. The van der Waals surface area contributed by atoms with Crippen LogP contribution in [0.4, 0.5) is 10.5 Å². The normalized spacial score (nSPS) is 23.3. The minimum Gasteiger partial charge on any atom is -0.323 e. The summed E-state index contributed by atoms with van der Waals surface area (Å²) in [5.74, 6) is 0. The van der Waals surface area contributed by atoms with Gasteiger partial charge in [0.1, 0.15) is 0 Å². The Morgan fingerprint density at radius 1 is 1.08 bits per heavy atom. The number of anilines is 1. The van der Waals surface area contributed by atoms with Crippen LogP contribution in [-0.2, 0) is 6.54 Å². The fourth-order valence-electron chi connectivity index (χ4n) is 4.14. The van der Waals surface area contributed by atoms with Gasteiger partial charge in [-0.3, -0.25) is 9.88 Å². The number of nitrogens with one attached hydrogen (secondary N) is 1. The van der Waals surface area contributed by atoms with Crippen molar-refractivity contribution in [1.29, 1.82) is 0 Å². The molecule has 2 aromatic rings. The summed E-state index contributed by atoms with van der Waals surface area (Å²) in [6.45, 7) is 3.58. The molecule has 1 aromatic heterocycles. The number of carbonyl (C=O) groups is 1. The number of pyridine rings is 1. The number of benzene rings is 1. The molecular weight excluding hydrogens is 312 g/mol.